The number of anilines is 1. The fourth-order valence-electron chi connectivity index (χ4n) is 3.17. The standard InChI is InChI=1S/C15H24N4O2S/c20-14(12-4-2-1-3-5-12)16-15-18-17-13(22-15)6-7-19-8-10-21-11-9-19/h12H,1-11H2,(H,16,18,20)/p+1. The fraction of sp³-hybridized carbons (Fsp3) is 0.800. The van der Waals surface area contributed by atoms with Crippen molar-refractivity contribution < 1.29 is 14.4 Å². The molecule has 0 spiro atoms. The topological polar surface area (TPSA) is 68.5 Å². The van der Waals surface area contributed by atoms with E-state index in [1.807, 2.05) is 0 Å². The first-order valence-electron chi connectivity index (χ1n) is 8.36. The van der Waals surface area contributed by atoms with Crippen molar-refractivity contribution in [2.75, 3.05) is 38.2 Å². The molecular formula is C15H25N4O2S+. The predicted octanol–water partition coefficient (Wildman–Crippen LogP) is 0.515. The van der Waals surface area contributed by atoms with Crippen LogP contribution in [0.15, 0.2) is 0 Å². The van der Waals surface area contributed by atoms with Crippen LogP contribution in [0, 0.1) is 5.92 Å². The van der Waals surface area contributed by atoms with Crippen LogP contribution >= 0.6 is 11.3 Å². The smallest absolute Gasteiger partial charge is 0.229 e. The number of carbonyl (C=O) groups excluding carboxylic acids is 1. The van der Waals surface area contributed by atoms with Crippen molar-refractivity contribution in [2.45, 2.75) is 38.5 Å². The Hall–Kier alpha value is -1.05. The maximum absolute atomic E-state index is 12.2. The van der Waals surface area contributed by atoms with E-state index in [4.69, 9.17) is 4.74 Å². The van der Waals surface area contributed by atoms with E-state index in [1.165, 1.54) is 30.6 Å². The zero-order valence-corrected chi connectivity index (χ0v) is 13.8. The number of rotatable bonds is 5. The number of quaternary nitrogens is 1. The van der Waals surface area contributed by atoms with Gasteiger partial charge in [-0.2, -0.15) is 0 Å². The summed E-state index contributed by atoms with van der Waals surface area (Å²) in [6, 6.07) is 0. The molecule has 1 aromatic rings. The van der Waals surface area contributed by atoms with Gasteiger partial charge in [0, 0.05) is 5.92 Å². The van der Waals surface area contributed by atoms with E-state index < -0.39 is 0 Å². The third-order valence-corrected chi connectivity index (χ3v) is 5.46. The molecule has 1 aliphatic carbocycles. The number of ether oxygens (including phenoxy) is 1. The monoisotopic (exact) mass is 325 g/mol. The highest BCUT2D eigenvalue weighted by atomic mass is 32.1. The lowest BCUT2D eigenvalue weighted by molar-refractivity contribution is -0.907. The maximum atomic E-state index is 12.2. The minimum atomic E-state index is 0.126. The molecule has 0 aromatic carbocycles. The van der Waals surface area contributed by atoms with Crippen LogP contribution in [0.1, 0.15) is 37.1 Å². The van der Waals surface area contributed by atoms with E-state index in [9.17, 15) is 4.79 Å². The van der Waals surface area contributed by atoms with Crippen molar-refractivity contribution in [1.82, 2.24) is 10.2 Å². The minimum Gasteiger partial charge on any atom is -0.370 e. The molecule has 2 fully saturated rings. The second-order valence-corrected chi connectivity index (χ2v) is 7.25. The molecule has 1 aromatic heterocycles. The summed E-state index contributed by atoms with van der Waals surface area (Å²) in [7, 11) is 0. The fourth-order valence-corrected chi connectivity index (χ4v) is 3.91. The Morgan fingerprint density at radius 1 is 1.23 bits per heavy atom. The van der Waals surface area contributed by atoms with Gasteiger partial charge in [-0.25, -0.2) is 0 Å². The average molecular weight is 325 g/mol. The van der Waals surface area contributed by atoms with Gasteiger partial charge in [0.15, 0.2) is 0 Å². The molecule has 1 amide bonds. The Morgan fingerprint density at radius 3 is 2.77 bits per heavy atom. The Morgan fingerprint density at radius 2 is 2.00 bits per heavy atom. The van der Waals surface area contributed by atoms with Crippen molar-refractivity contribution in [1.29, 1.82) is 0 Å². The second kappa shape index (κ2) is 7.99. The molecule has 0 radical (unpaired) electrons. The van der Waals surface area contributed by atoms with Gasteiger partial charge in [0.25, 0.3) is 0 Å². The lowest BCUT2D eigenvalue weighted by Gasteiger charge is -2.23. The molecule has 6 nitrogen and oxygen atoms in total. The molecule has 0 unspecified atom stereocenters. The van der Waals surface area contributed by atoms with Gasteiger partial charge in [-0.3, -0.25) is 4.79 Å². The highest BCUT2D eigenvalue weighted by molar-refractivity contribution is 7.15. The number of nitrogens with zero attached hydrogens (tertiary/aromatic N) is 2. The Kier molecular flexibility index (Phi) is 5.75. The van der Waals surface area contributed by atoms with Crippen LogP contribution in [-0.2, 0) is 16.0 Å². The Balaban J connectivity index is 1.45. The molecule has 0 bridgehead atoms. The largest absolute Gasteiger partial charge is 0.370 e. The first-order chi connectivity index (χ1) is 10.8. The molecule has 7 heteroatoms. The molecule has 1 saturated carbocycles. The summed E-state index contributed by atoms with van der Waals surface area (Å²) in [5.41, 5.74) is 0. The second-order valence-electron chi connectivity index (χ2n) is 6.19. The van der Waals surface area contributed by atoms with Crippen molar-refractivity contribution >= 4 is 22.4 Å². The Bertz CT molecular complexity index is 482. The van der Waals surface area contributed by atoms with Crippen LogP contribution in [0.3, 0.4) is 0 Å². The van der Waals surface area contributed by atoms with Gasteiger partial charge in [-0.15, -0.1) is 10.2 Å². The van der Waals surface area contributed by atoms with Gasteiger partial charge in [0.05, 0.1) is 26.2 Å². The number of aromatic nitrogens is 2. The summed E-state index contributed by atoms with van der Waals surface area (Å²) in [6.07, 6.45) is 6.54. The molecule has 2 heterocycles. The number of nitrogens with one attached hydrogen (secondary N) is 2. The van der Waals surface area contributed by atoms with Gasteiger partial charge >= 0.3 is 0 Å². The summed E-state index contributed by atoms with van der Waals surface area (Å²) >= 11 is 1.52. The minimum absolute atomic E-state index is 0.126. The van der Waals surface area contributed by atoms with E-state index in [2.05, 4.69) is 15.5 Å². The number of amides is 1. The van der Waals surface area contributed by atoms with Crippen LogP contribution < -0.4 is 10.2 Å². The van der Waals surface area contributed by atoms with Gasteiger partial charge in [-0.1, -0.05) is 30.6 Å². The molecule has 22 heavy (non-hydrogen) atoms. The highest BCUT2D eigenvalue weighted by Crippen LogP contribution is 2.25. The maximum Gasteiger partial charge on any atom is 0.229 e. The first kappa shape index (κ1) is 15.8. The summed E-state index contributed by atoms with van der Waals surface area (Å²) in [5, 5.41) is 12.9. The first-order valence-corrected chi connectivity index (χ1v) is 9.17. The van der Waals surface area contributed by atoms with Crippen LogP contribution in [0.25, 0.3) is 0 Å². The SMILES string of the molecule is O=C(Nc1nnc(CC[NH+]2CCOCC2)s1)C1CCCCC1. The quantitative estimate of drug-likeness (QED) is 0.828. The molecule has 2 aliphatic rings. The van der Waals surface area contributed by atoms with Crippen LogP contribution in [0.2, 0.25) is 0 Å². The van der Waals surface area contributed by atoms with E-state index in [1.54, 1.807) is 4.90 Å². The summed E-state index contributed by atoms with van der Waals surface area (Å²) in [4.78, 5) is 13.8. The molecule has 122 valence electrons. The van der Waals surface area contributed by atoms with E-state index >= 15 is 0 Å². The van der Waals surface area contributed by atoms with Crippen molar-refractivity contribution in [2.24, 2.45) is 5.92 Å². The van der Waals surface area contributed by atoms with Crippen molar-refractivity contribution in [3.05, 3.63) is 5.01 Å². The van der Waals surface area contributed by atoms with E-state index in [0.29, 0.717) is 5.13 Å². The molecule has 2 N–H and O–H groups in total. The zero-order valence-electron chi connectivity index (χ0n) is 13.0. The number of carbonyl (C=O) groups is 1. The number of morpholine rings is 1. The number of hydrogen-bond acceptors (Lipinski definition) is 5. The molecule has 3 rings (SSSR count). The van der Waals surface area contributed by atoms with Crippen LogP contribution in [0.5, 0.6) is 0 Å². The van der Waals surface area contributed by atoms with Crippen LogP contribution in [-0.4, -0.2) is 49.0 Å². The lowest BCUT2D eigenvalue weighted by atomic mass is 9.89. The van der Waals surface area contributed by atoms with Gasteiger partial charge in [-0.05, 0) is 12.8 Å². The van der Waals surface area contributed by atoms with Crippen molar-refractivity contribution in [3.8, 4) is 0 Å². The molecule has 0 atom stereocenters. The molecule has 1 aliphatic heterocycles. The van der Waals surface area contributed by atoms with Gasteiger partial charge in [0.1, 0.15) is 18.1 Å². The highest BCUT2D eigenvalue weighted by Gasteiger charge is 2.22. The Labute approximate surface area is 135 Å². The average Bonchev–Trinajstić information content (AvgIpc) is 3.02. The molecular weight excluding hydrogens is 300 g/mol. The molecule has 1 saturated heterocycles. The van der Waals surface area contributed by atoms with E-state index in [-0.39, 0.29) is 11.8 Å². The van der Waals surface area contributed by atoms with Gasteiger partial charge < -0.3 is 15.0 Å². The summed E-state index contributed by atoms with van der Waals surface area (Å²) in [6.45, 7) is 4.92. The van der Waals surface area contributed by atoms with Crippen molar-refractivity contribution in [3.63, 3.8) is 0 Å². The van der Waals surface area contributed by atoms with Gasteiger partial charge in [0.2, 0.25) is 11.0 Å². The van der Waals surface area contributed by atoms with E-state index in [0.717, 1.165) is 57.1 Å². The predicted molar refractivity (Wildman–Crippen MR) is 85.2 cm³/mol. The lowest BCUT2D eigenvalue weighted by Crippen LogP contribution is -3.14. The normalized spacial score (nSPS) is 20.9. The third-order valence-electron chi connectivity index (χ3n) is 4.57. The van der Waals surface area contributed by atoms with Crippen LogP contribution in [0.4, 0.5) is 5.13 Å². The zero-order chi connectivity index (χ0) is 15.2. The number of hydrogen-bond donors (Lipinski definition) is 2. The summed E-state index contributed by atoms with van der Waals surface area (Å²) in [5.74, 6) is 0.292. The third kappa shape index (κ3) is 4.47. The summed E-state index contributed by atoms with van der Waals surface area (Å²) < 4.78 is 5.36.